The average molecular weight is 409 g/mol. The standard InChI is InChI=1S/C21H20FN5O3/c1-12-18(20(28)26-16-10-15(29-2)7-8-17(16)30-3)19(13-5-4-6-14(22)9-13)27-21(25-12)23-11-24-27/h4-11,19H,1-3H3,(H,26,28)(H,23,24,25)/t19-/m0/s1. The molecule has 2 N–H and O–H groups in total. The molecule has 1 amide bonds. The summed E-state index contributed by atoms with van der Waals surface area (Å²) >= 11 is 0. The molecule has 154 valence electrons. The van der Waals surface area contributed by atoms with Crippen molar-refractivity contribution >= 4 is 17.5 Å². The van der Waals surface area contributed by atoms with Crippen molar-refractivity contribution < 1.29 is 18.7 Å². The van der Waals surface area contributed by atoms with Crippen molar-refractivity contribution in [3.05, 3.63) is 71.4 Å². The van der Waals surface area contributed by atoms with Crippen molar-refractivity contribution in [2.24, 2.45) is 0 Å². The number of nitrogens with one attached hydrogen (secondary N) is 2. The number of benzene rings is 2. The lowest BCUT2D eigenvalue weighted by Gasteiger charge is -2.29. The maximum Gasteiger partial charge on any atom is 0.255 e. The number of rotatable bonds is 5. The molecule has 2 heterocycles. The van der Waals surface area contributed by atoms with E-state index in [0.29, 0.717) is 40.0 Å². The molecule has 2 aromatic carbocycles. The quantitative estimate of drug-likeness (QED) is 0.672. The van der Waals surface area contributed by atoms with E-state index in [1.807, 2.05) is 0 Å². The van der Waals surface area contributed by atoms with Gasteiger partial charge in [-0.2, -0.15) is 10.1 Å². The molecule has 0 radical (unpaired) electrons. The summed E-state index contributed by atoms with van der Waals surface area (Å²) in [5.41, 5.74) is 1.99. The van der Waals surface area contributed by atoms with Gasteiger partial charge in [0.15, 0.2) is 0 Å². The van der Waals surface area contributed by atoms with Gasteiger partial charge in [-0.25, -0.2) is 9.07 Å². The number of carbonyl (C=O) groups is 1. The van der Waals surface area contributed by atoms with Gasteiger partial charge in [0.05, 0.1) is 25.5 Å². The van der Waals surface area contributed by atoms with E-state index >= 15 is 0 Å². The van der Waals surface area contributed by atoms with Crippen LogP contribution in [0.3, 0.4) is 0 Å². The Morgan fingerprint density at radius 1 is 1.20 bits per heavy atom. The van der Waals surface area contributed by atoms with Crippen molar-refractivity contribution in [3.63, 3.8) is 0 Å². The number of nitrogens with zero attached hydrogens (tertiary/aromatic N) is 3. The molecule has 30 heavy (non-hydrogen) atoms. The number of hydrogen-bond acceptors (Lipinski definition) is 6. The normalized spacial score (nSPS) is 15.3. The van der Waals surface area contributed by atoms with Crippen LogP contribution in [0.15, 0.2) is 60.1 Å². The highest BCUT2D eigenvalue weighted by Gasteiger charge is 2.34. The number of aromatic nitrogens is 3. The maximum atomic E-state index is 14.0. The number of carbonyl (C=O) groups excluding carboxylic acids is 1. The lowest BCUT2D eigenvalue weighted by Crippen LogP contribution is -2.31. The highest BCUT2D eigenvalue weighted by Crippen LogP contribution is 2.36. The molecule has 9 heteroatoms. The molecule has 1 aromatic heterocycles. The molecular formula is C21H20FN5O3. The molecule has 1 atom stereocenters. The lowest BCUT2D eigenvalue weighted by atomic mass is 9.95. The summed E-state index contributed by atoms with van der Waals surface area (Å²) in [4.78, 5) is 17.6. The molecule has 0 saturated carbocycles. The highest BCUT2D eigenvalue weighted by molar-refractivity contribution is 6.06. The number of hydrogen-bond donors (Lipinski definition) is 2. The van der Waals surface area contributed by atoms with Crippen LogP contribution in [-0.2, 0) is 4.79 Å². The first kappa shape index (κ1) is 19.4. The van der Waals surface area contributed by atoms with Gasteiger partial charge in [-0.3, -0.25) is 4.79 Å². The molecule has 0 aliphatic carbocycles. The summed E-state index contributed by atoms with van der Waals surface area (Å²) in [7, 11) is 3.05. The monoisotopic (exact) mass is 409 g/mol. The van der Waals surface area contributed by atoms with E-state index in [0.717, 1.165) is 0 Å². The summed E-state index contributed by atoms with van der Waals surface area (Å²) in [6, 6.07) is 10.5. The lowest BCUT2D eigenvalue weighted by molar-refractivity contribution is -0.113. The van der Waals surface area contributed by atoms with Gasteiger partial charge >= 0.3 is 0 Å². The third-order valence-electron chi connectivity index (χ3n) is 4.86. The number of halogens is 1. The van der Waals surface area contributed by atoms with Gasteiger partial charge in [0.2, 0.25) is 5.95 Å². The summed E-state index contributed by atoms with van der Waals surface area (Å²) in [5.74, 6) is 0.729. The largest absolute Gasteiger partial charge is 0.497 e. The van der Waals surface area contributed by atoms with E-state index in [9.17, 15) is 9.18 Å². The average Bonchev–Trinajstić information content (AvgIpc) is 3.20. The number of amides is 1. The fraction of sp³-hybridized carbons (Fsp3) is 0.190. The van der Waals surface area contributed by atoms with Gasteiger partial charge < -0.3 is 20.1 Å². The van der Waals surface area contributed by atoms with Crippen molar-refractivity contribution in [2.75, 3.05) is 24.9 Å². The molecule has 0 fully saturated rings. The highest BCUT2D eigenvalue weighted by atomic mass is 19.1. The van der Waals surface area contributed by atoms with E-state index in [-0.39, 0.29) is 5.91 Å². The zero-order valence-electron chi connectivity index (χ0n) is 16.6. The van der Waals surface area contributed by atoms with E-state index in [1.54, 1.807) is 41.9 Å². The molecule has 4 rings (SSSR count). The van der Waals surface area contributed by atoms with Crippen LogP contribution < -0.4 is 20.1 Å². The van der Waals surface area contributed by atoms with Gasteiger partial charge in [0.1, 0.15) is 29.7 Å². The second-order valence-electron chi connectivity index (χ2n) is 6.67. The fourth-order valence-corrected chi connectivity index (χ4v) is 3.47. The second kappa shape index (κ2) is 7.86. The van der Waals surface area contributed by atoms with Crippen molar-refractivity contribution in [2.45, 2.75) is 13.0 Å². The Bertz CT molecular complexity index is 1140. The Hall–Kier alpha value is -3.88. The number of anilines is 2. The minimum atomic E-state index is -0.656. The molecule has 1 aliphatic heterocycles. The Morgan fingerprint density at radius 2 is 2.03 bits per heavy atom. The molecule has 8 nitrogen and oxygen atoms in total. The fourth-order valence-electron chi connectivity index (χ4n) is 3.47. The van der Waals surface area contributed by atoms with E-state index in [1.165, 1.54) is 32.7 Å². The summed E-state index contributed by atoms with van der Waals surface area (Å²) in [5, 5.41) is 10.2. The van der Waals surface area contributed by atoms with Gasteiger partial charge in [-0.1, -0.05) is 12.1 Å². The Morgan fingerprint density at radius 3 is 2.77 bits per heavy atom. The smallest absolute Gasteiger partial charge is 0.255 e. The van der Waals surface area contributed by atoms with E-state index < -0.39 is 11.9 Å². The molecule has 0 spiro atoms. The zero-order chi connectivity index (χ0) is 21.3. The first-order valence-electron chi connectivity index (χ1n) is 9.18. The van der Waals surface area contributed by atoms with Crippen LogP contribution in [0.2, 0.25) is 0 Å². The van der Waals surface area contributed by atoms with Crippen LogP contribution in [0.4, 0.5) is 16.0 Å². The maximum absolute atomic E-state index is 14.0. The van der Waals surface area contributed by atoms with E-state index in [4.69, 9.17) is 9.47 Å². The molecule has 0 bridgehead atoms. The Labute approximate surface area is 172 Å². The third kappa shape index (κ3) is 3.45. The number of methoxy groups -OCH3 is 2. The van der Waals surface area contributed by atoms with Crippen LogP contribution in [0.1, 0.15) is 18.5 Å². The van der Waals surface area contributed by atoms with E-state index in [2.05, 4.69) is 20.7 Å². The Kier molecular flexibility index (Phi) is 5.09. The first-order valence-corrected chi connectivity index (χ1v) is 9.18. The summed E-state index contributed by atoms with van der Waals surface area (Å²) in [6.07, 6.45) is 1.38. The molecule has 3 aromatic rings. The predicted octanol–water partition coefficient (Wildman–Crippen LogP) is 3.36. The van der Waals surface area contributed by atoms with Gasteiger partial charge in [0.25, 0.3) is 5.91 Å². The third-order valence-corrected chi connectivity index (χ3v) is 4.86. The van der Waals surface area contributed by atoms with Crippen LogP contribution in [0, 0.1) is 5.82 Å². The van der Waals surface area contributed by atoms with Crippen LogP contribution in [0.25, 0.3) is 0 Å². The SMILES string of the molecule is COc1ccc(OC)c(NC(=O)C2=C(C)Nc3ncnn3[C@H]2c2cccc(F)c2)c1. The van der Waals surface area contributed by atoms with Crippen molar-refractivity contribution in [1.82, 2.24) is 14.8 Å². The van der Waals surface area contributed by atoms with Gasteiger partial charge in [-0.15, -0.1) is 0 Å². The number of fused-ring (bicyclic) bond motifs is 1. The van der Waals surface area contributed by atoms with Crippen LogP contribution in [0.5, 0.6) is 11.5 Å². The number of ether oxygens (including phenoxy) is 2. The van der Waals surface area contributed by atoms with Gasteiger partial charge in [0, 0.05) is 11.8 Å². The van der Waals surface area contributed by atoms with Crippen molar-refractivity contribution in [1.29, 1.82) is 0 Å². The second-order valence-corrected chi connectivity index (χ2v) is 6.67. The minimum absolute atomic E-state index is 0.378. The summed E-state index contributed by atoms with van der Waals surface area (Å²) in [6.45, 7) is 1.77. The first-order chi connectivity index (χ1) is 14.5. The minimum Gasteiger partial charge on any atom is -0.497 e. The van der Waals surface area contributed by atoms with Crippen molar-refractivity contribution in [3.8, 4) is 11.5 Å². The van der Waals surface area contributed by atoms with Crippen LogP contribution >= 0.6 is 0 Å². The molecule has 0 unspecified atom stereocenters. The van der Waals surface area contributed by atoms with Crippen LogP contribution in [-0.4, -0.2) is 34.9 Å². The number of allylic oxidation sites excluding steroid dienone is 1. The van der Waals surface area contributed by atoms with Gasteiger partial charge in [-0.05, 0) is 36.8 Å². The predicted molar refractivity (Wildman–Crippen MR) is 109 cm³/mol. The molecular weight excluding hydrogens is 389 g/mol. The topological polar surface area (TPSA) is 90.3 Å². The zero-order valence-corrected chi connectivity index (χ0v) is 16.6. The molecule has 0 saturated heterocycles. The summed E-state index contributed by atoms with van der Waals surface area (Å²) < 4.78 is 26.1. The molecule has 1 aliphatic rings. The Balaban J connectivity index is 1.77.